The van der Waals surface area contributed by atoms with E-state index in [0.29, 0.717) is 34.3 Å². The van der Waals surface area contributed by atoms with Crippen LogP contribution in [0.1, 0.15) is 39.2 Å². The summed E-state index contributed by atoms with van der Waals surface area (Å²) in [5.74, 6) is 2.36. The predicted molar refractivity (Wildman–Crippen MR) is 110 cm³/mol. The second-order valence-electron chi connectivity index (χ2n) is 7.48. The maximum Gasteiger partial charge on any atom is 0.343 e. The summed E-state index contributed by atoms with van der Waals surface area (Å²) < 4.78 is 33.8. The first-order valence-corrected chi connectivity index (χ1v) is 9.74. The van der Waals surface area contributed by atoms with Crippen LogP contribution in [0.4, 0.5) is 0 Å². The molecule has 9 nitrogen and oxygen atoms in total. The Bertz CT molecular complexity index is 1040. The molecular weight excluding hydrogens is 442 g/mol. The third-order valence-corrected chi connectivity index (χ3v) is 6.06. The number of nitrogens with zero attached hydrogens (tertiary/aromatic N) is 1. The lowest BCUT2D eigenvalue weighted by Gasteiger charge is -2.38. The molecule has 0 saturated heterocycles. The Kier molecular flexibility index (Phi) is 6.64. The number of carbonyl (C=O) groups excluding carboxylic acids is 1. The van der Waals surface area contributed by atoms with Gasteiger partial charge in [0.05, 0.1) is 27.4 Å². The van der Waals surface area contributed by atoms with Crippen molar-refractivity contribution in [2.24, 2.45) is 0 Å². The molecule has 2 aromatic carbocycles. The number of ether oxygens (including phenoxy) is 6. The standard InChI is InChI=1S/C22H23NO7.ClH.H2O/c1-23-8-7-11-9-14-20(29-10-28-14)21(27-4)15(11)17(23)18-12-5-6-13(25-2)19(26-3)16(12)22(24)30-18;;/h5-6,9,17-18H,7-8,10H2,1-4H3;1H;1H2/p-1. The highest BCUT2D eigenvalue weighted by Gasteiger charge is 2.46. The van der Waals surface area contributed by atoms with E-state index in [1.807, 2.05) is 19.2 Å². The maximum atomic E-state index is 12.9. The summed E-state index contributed by atoms with van der Waals surface area (Å²) in [6.07, 6.45) is 0.306. The van der Waals surface area contributed by atoms with Gasteiger partial charge in [0.2, 0.25) is 12.5 Å². The molecule has 0 fully saturated rings. The van der Waals surface area contributed by atoms with Crippen LogP contribution >= 0.6 is 0 Å². The van der Waals surface area contributed by atoms with Gasteiger partial charge in [-0.3, -0.25) is 4.90 Å². The van der Waals surface area contributed by atoms with Crippen molar-refractivity contribution in [3.05, 3.63) is 40.5 Å². The molecule has 32 heavy (non-hydrogen) atoms. The fourth-order valence-corrected chi connectivity index (χ4v) is 4.71. The van der Waals surface area contributed by atoms with Crippen molar-refractivity contribution < 1.29 is 51.1 Å². The van der Waals surface area contributed by atoms with Crippen LogP contribution in [0, 0.1) is 0 Å². The lowest BCUT2D eigenvalue weighted by Crippen LogP contribution is -3.00. The van der Waals surface area contributed by atoms with Crippen molar-refractivity contribution >= 4 is 5.97 Å². The topological polar surface area (TPSA) is 107 Å². The van der Waals surface area contributed by atoms with Crippen molar-refractivity contribution in [1.29, 1.82) is 0 Å². The van der Waals surface area contributed by atoms with Gasteiger partial charge < -0.3 is 46.3 Å². The molecule has 0 aromatic heterocycles. The maximum absolute atomic E-state index is 12.9. The Morgan fingerprint density at radius 2 is 1.81 bits per heavy atom. The van der Waals surface area contributed by atoms with Crippen LogP contribution in [-0.2, 0) is 11.2 Å². The third-order valence-electron chi connectivity index (χ3n) is 6.06. The molecule has 2 atom stereocenters. The van der Waals surface area contributed by atoms with Crippen molar-refractivity contribution in [3.8, 4) is 28.7 Å². The van der Waals surface area contributed by atoms with Gasteiger partial charge >= 0.3 is 5.97 Å². The molecule has 0 aliphatic carbocycles. The molecule has 0 saturated carbocycles. The number of hydrogen-bond acceptors (Lipinski definition) is 8. The quantitative estimate of drug-likeness (QED) is 0.531. The number of esters is 1. The van der Waals surface area contributed by atoms with Crippen LogP contribution in [0.3, 0.4) is 0 Å². The van der Waals surface area contributed by atoms with Crippen LogP contribution in [0.15, 0.2) is 18.2 Å². The average Bonchev–Trinajstić information content (AvgIpc) is 3.35. The van der Waals surface area contributed by atoms with Gasteiger partial charge in [-0.25, -0.2) is 4.79 Å². The molecule has 0 bridgehead atoms. The van der Waals surface area contributed by atoms with Crippen LogP contribution < -0.4 is 36.1 Å². The molecule has 2 aromatic rings. The number of cyclic esters (lactones) is 1. The van der Waals surface area contributed by atoms with E-state index in [1.165, 1.54) is 7.11 Å². The van der Waals surface area contributed by atoms with E-state index in [-0.39, 0.29) is 30.7 Å². The smallest absolute Gasteiger partial charge is 0.343 e. The molecule has 174 valence electrons. The fraction of sp³-hybridized carbons (Fsp3) is 0.409. The molecular formula is C22H25ClNO8-. The first-order valence-electron chi connectivity index (χ1n) is 9.74. The summed E-state index contributed by atoms with van der Waals surface area (Å²) in [7, 11) is 6.70. The Morgan fingerprint density at radius 3 is 2.50 bits per heavy atom. The minimum atomic E-state index is -0.523. The number of halogens is 1. The van der Waals surface area contributed by atoms with E-state index in [4.69, 9.17) is 28.4 Å². The van der Waals surface area contributed by atoms with E-state index < -0.39 is 12.1 Å². The molecule has 2 unspecified atom stereocenters. The lowest BCUT2D eigenvalue weighted by atomic mass is 9.85. The number of hydrogen-bond donors (Lipinski definition) is 0. The minimum absolute atomic E-state index is 0. The number of likely N-dealkylation sites (N-methyl/N-ethyl adjacent to an activating group) is 1. The van der Waals surface area contributed by atoms with Gasteiger partial charge in [-0.1, -0.05) is 6.07 Å². The van der Waals surface area contributed by atoms with Crippen molar-refractivity contribution in [2.75, 3.05) is 41.7 Å². The molecule has 0 spiro atoms. The number of carbonyl (C=O) groups is 1. The van der Waals surface area contributed by atoms with Crippen molar-refractivity contribution in [3.63, 3.8) is 0 Å². The highest BCUT2D eigenvalue weighted by atomic mass is 35.5. The average molecular weight is 467 g/mol. The first-order chi connectivity index (χ1) is 14.6. The Balaban J connectivity index is 0.00000144. The summed E-state index contributed by atoms with van der Waals surface area (Å²) in [5.41, 5.74) is 3.23. The summed E-state index contributed by atoms with van der Waals surface area (Å²) >= 11 is 0. The van der Waals surface area contributed by atoms with Gasteiger partial charge in [0.25, 0.3) is 0 Å². The van der Waals surface area contributed by atoms with Gasteiger partial charge in [0.15, 0.2) is 23.0 Å². The van der Waals surface area contributed by atoms with Gasteiger partial charge in [-0.2, -0.15) is 0 Å². The normalized spacial score (nSPS) is 20.3. The molecule has 0 radical (unpaired) electrons. The molecule has 5 rings (SSSR count). The van der Waals surface area contributed by atoms with Crippen LogP contribution in [-0.4, -0.2) is 58.1 Å². The molecule has 0 amide bonds. The highest BCUT2D eigenvalue weighted by Crippen LogP contribution is 2.55. The van der Waals surface area contributed by atoms with Crippen LogP contribution in [0.25, 0.3) is 0 Å². The molecule has 10 heteroatoms. The molecule has 3 heterocycles. The summed E-state index contributed by atoms with van der Waals surface area (Å²) in [6.45, 7) is 0.963. The van der Waals surface area contributed by atoms with Crippen molar-refractivity contribution in [1.82, 2.24) is 4.90 Å². The third kappa shape index (κ3) is 3.28. The summed E-state index contributed by atoms with van der Waals surface area (Å²) in [5, 5.41) is 0. The Labute approximate surface area is 191 Å². The van der Waals surface area contributed by atoms with Crippen molar-refractivity contribution in [2.45, 2.75) is 18.6 Å². The molecule has 3 aliphatic rings. The number of rotatable bonds is 4. The lowest BCUT2D eigenvalue weighted by molar-refractivity contribution is -0.0000867. The van der Waals surface area contributed by atoms with Crippen LogP contribution in [0.2, 0.25) is 0 Å². The van der Waals surface area contributed by atoms with E-state index in [9.17, 15) is 4.79 Å². The minimum Gasteiger partial charge on any atom is -1.00 e. The fourth-order valence-electron chi connectivity index (χ4n) is 4.71. The molecule has 2 N–H and O–H groups in total. The molecule has 3 aliphatic heterocycles. The number of fused-ring (bicyclic) bond motifs is 3. The monoisotopic (exact) mass is 466 g/mol. The van der Waals surface area contributed by atoms with E-state index in [2.05, 4.69) is 4.90 Å². The van der Waals surface area contributed by atoms with E-state index >= 15 is 0 Å². The summed E-state index contributed by atoms with van der Waals surface area (Å²) in [4.78, 5) is 15.1. The summed E-state index contributed by atoms with van der Waals surface area (Å²) in [6, 6.07) is 5.43. The van der Waals surface area contributed by atoms with E-state index in [0.717, 1.165) is 29.7 Å². The zero-order chi connectivity index (χ0) is 21.0. The second kappa shape index (κ2) is 8.93. The van der Waals surface area contributed by atoms with Gasteiger partial charge in [0.1, 0.15) is 11.7 Å². The Morgan fingerprint density at radius 1 is 1.06 bits per heavy atom. The largest absolute Gasteiger partial charge is 1.00 e. The second-order valence-corrected chi connectivity index (χ2v) is 7.48. The van der Waals surface area contributed by atoms with Crippen LogP contribution in [0.5, 0.6) is 28.7 Å². The predicted octanol–water partition coefficient (Wildman–Crippen LogP) is -0.939. The van der Waals surface area contributed by atoms with E-state index in [1.54, 1.807) is 20.3 Å². The first kappa shape index (κ1) is 23.8. The van der Waals surface area contributed by atoms with Gasteiger partial charge in [0, 0.05) is 17.7 Å². The SMILES string of the molecule is COc1ccc2c(c1OC)C(=O)OC2C1c2c(cc3c(c2OC)OCO3)CCN1C.O.[Cl-]. The van der Waals surface area contributed by atoms with Gasteiger partial charge in [-0.05, 0) is 31.2 Å². The number of methoxy groups -OCH3 is 3. The van der Waals surface area contributed by atoms with Gasteiger partial charge in [-0.15, -0.1) is 0 Å². The number of benzene rings is 2. The Hall–Kier alpha value is -2.88. The zero-order valence-electron chi connectivity index (χ0n) is 18.2. The zero-order valence-corrected chi connectivity index (χ0v) is 18.9. The highest BCUT2D eigenvalue weighted by molar-refractivity contribution is 5.98.